The molecule has 0 aliphatic carbocycles. The van der Waals surface area contributed by atoms with Gasteiger partial charge in [-0.25, -0.2) is 12.8 Å². The molecule has 3 rings (SSSR count). The third-order valence-corrected chi connectivity index (χ3v) is 6.16. The van der Waals surface area contributed by atoms with E-state index < -0.39 is 15.8 Å². The third-order valence-electron chi connectivity index (χ3n) is 4.22. The Morgan fingerprint density at radius 3 is 2.42 bits per heavy atom. The van der Waals surface area contributed by atoms with Gasteiger partial charge in [0.05, 0.1) is 4.90 Å². The van der Waals surface area contributed by atoms with Gasteiger partial charge in [0.2, 0.25) is 10.0 Å². The Balaban J connectivity index is 1.91. The average molecular weight is 284 g/mol. The molecule has 0 unspecified atom stereocenters. The molecule has 0 spiro atoms. The molecule has 0 amide bonds. The Morgan fingerprint density at radius 1 is 1.11 bits per heavy atom. The van der Waals surface area contributed by atoms with E-state index in [1.165, 1.54) is 24.3 Å². The van der Waals surface area contributed by atoms with Gasteiger partial charge >= 0.3 is 0 Å². The summed E-state index contributed by atoms with van der Waals surface area (Å²) in [5, 5.41) is 0. The fourth-order valence-electron chi connectivity index (χ4n) is 3.20. The van der Waals surface area contributed by atoms with Gasteiger partial charge in [-0.1, -0.05) is 0 Å². The summed E-state index contributed by atoms with van der Waals surface area (Å²) in [5.41, 5.74) is 0. The van der Waals surface area contributed by atoms with Crippen molar-refractivity contribution < 1.29 is 12.8 Å². The standard InChI is InChI=1S/C13H17FN2O2S/c1-15-8-6-13-12(15)7-9-16(13)19(17,18)11-4-2-10(14)3-5-11/h2-5,12-13H,6-9H2,1H3/t12-,13+/m0/s1. The van der Waals surface area contributed by atoms with Crippen molar-refractivity contribution in [3.8, 4) is 0 Å². The molecule has 2 atom stereocenters. The first-order valence-corrected chi connectivity index (χ1v) is 7.92. The first kappa shape index (κ1) is 13.0. The number of fused-ring (bicyclic) bond motifs is 1. The van der Waals surface area contributed by atoms with E-state index in [-0.39, 0.29) is 10.9 Å². The number of halogens is 1. The van der Waals surface area contributed by atoms with Crippen molar-refractivity contribution in [3.63, 3.8) is 0 Å². The minimum atomic E-state index is -3.49. The second kappa shape index (κ2) is 4.54. The number of sulfonamides is 1. The summed E-state index contributed by atoms with van der Waals surface area (Å²) in [7, 11) is -1.45. The van der Waals surface area contributed by atoms with E-state index in [1.54, 1.807) is 4.31 Å². The molecular weight excluding hydrogens is 267 g/mol. The molecule has 0 N–H and O–H groups in total. The van der Waals surface area contributed by atoms with Crippen LogP contribution >= 0.6 is 0 Å². The van der Waals surface area contributed by atoms with Crippen LogP contribution in [0.5, 0.6) is 0 Å². The number of hydrogen-bond acceptors (Lipinski definition) is 3. The van der Waals surface area contributed by atoms with Crippen molar-refractivity contribution in [1.82, 2.24) is 9.21 Å². The Morgan fingerprint density at radius 2 is 1.74 bits per heavy atom. The highest BCUT2D eigenvalue weighted by Gasteiger charge is 2.46. The first-order valence-electron chi connectivity index (χ1n) is 6.48. The van der Waals surface area contributed by atoms with E-state index in [0.29, 0.717) is 12.6 Å². The molecule has 2 fully saturated rings. The number of likely N-dealkylation sites (tertiary alicyclic amines) is 1. The highest BCUT2D eigenvalue weighted by Crippen LogP contribution is 2.34. The lowest BCUT2D eigenvalue weighted by Crippen LogP contribution is -2.38. The van der Waals surface area contributed by atoms with Crippen LogP contribution in [0.25, 0.3) is 0 Å². The van der Waals surface area contributed by atoms with Gasteiger partial charge in [0.25, 0.3) is 0 Å². The molecule has 0 aromatic heterocycles. The van der Waals surface area contributed by atoms with Crippen molar-refractivity contribution in [1.29, 1.82) is 0 Å². The van der Waals surface area contributed by atoms with Crippen LogP contribution < -0.4 is 0 Å². The predicted molar refractivity (Wildman–Crippen MR) is 69.7 cm³/mol. The fraction of sp³-hybridized carbons (Fsp3) is 0.538. The molecule has 104 valence electrons. The maximum Gasteiger partial charge on any atom is 0.243 e. The van der Waals surface area contributed by atoms with Crippen molar-refractivity contribution in [3.05, 3.63) is 30.1 Å². The first-order chi connectivity index (χ1) is 9.00. The topological polar surface area (TPSA) is 40.6 Å². The van der Waals surface area contributed by atoms with Gasteiger partial charge in [-0.3, -0.25) is 0 Å². The molecule has 2 heterocycles. The lowest BCUT2D eigenvalue weighted by Gasteiger charge is -2.23. The van der Waals surface area contributed by atoms with Gasteiger partial charge in [0.15, 0.2) is 0 Å². The van der Waals surface area contributed by atoms with Gasteiger partial charge < -0.3 is 4.90 Å². The van der Waals surface area contributed by atoms with Crippen LogP contribution in [0.2, 0.25) is 0 Å². The number of rotatable bonds is 2. The summed E-state index contributed by atoms with van der Waals surface area (Å²) >= 11 is 0. The predicted octanol–water partition coefficient (Wildman–Crippen LogP) is 1.29. The highest BCUT2D eigenvalue weighted by atomic mass is 32.2. The summed E-state index contributed by atoms with van der Waals surface area (Å²) in [4.78, 5) is 2.41. The minimum Gasteiger partial charge on any atom is -0.302 e. The van der Waals surface area contributed by atoms with E-state index in [1.807, 2.05) is 7.05 Å². The Hall–Kier alpha value is -0.980. The van der Waals surface area contributed by atoms with Crippen LogP contribution in [-0.2, 0) is 10.0 Å². The average Bonchev–Trinajstić information content (AvgIpc) is 2.93. The number of nitrogens with zero attached hydrogens (tertiary/aromatic N) is 2. The Bertz CT molecular complexity index is 573. The zero-order chi connectivity index (χ0) is 13.6. The third kappa shape index (κ3) is 2.07. The second-order valence-corrected chi connectivity index (χ2v) is 7.15. The quantitative estimate of drug-likeness (QED) is 0.822. The van der Waals surface area contributed by atoms with Gasteiger partial charge in [-0.2, -0.15) is 4.31 Å². The van der Waals surface area contributed by atoms with E-state index >= 15 is 0 Å². The maximum atomic E-state index is 12.9. The van der Waals surface area contributed by atoms with Crippen LogP contribution in [-0.4, -0.2) is 49.8 Å². The van der Waals surface area contributed by atoms with Gasteiger partial charge in [0, 0.05) is 18.6 Å². The van der Waals surface area contributed by atoms with E-state index in [4.69, 9.17) is 0 Å². The lowest BCUT2D eigenvalue weighted by atomic mass is 10.1. The summed E-state index contributed by atoms with van der Waals surface area (Å²) in [5.74, 6) is -0.418. The Labute approximate surface area is 112 Å². The van der Waals surface area contributed by atoms with E-state index in [9.17, 15) is 12.8 Å². The molecule has 2 saturated heterocycles. The van der Waals surface area contributed by atoms with Crippen LogP contribution in [0.15, 0.2) is 29.2 Å². The zero-order valence-corrected chi connectivity index (χ0v) is 11.6. The Kier molecular flexibility index (Phi) is 3.11. The smallest absolute Gasteiger partial charge is 0.243 e. The summed E-state index contributed by atoms with van der Waals surface area (Å²) in [6.07, 6.45) is 1.75. The summed E-state index contributed by atoms with van der Waals surface area (Å²) in [6.45, 7) is 1.49. The number of hydrogen-bond donors (Lipinski definition) is 0. The van der Waals surface area contributed by atoms with Crippen LogP contribution in [0.1, 0.15) is 12.8 Å². The van der Waals surface area contributed by atoms with Crippen LogP contribution in [0.3, 0.4) is 0 Å². The molecule has 2 aliphatic heterocycles. The number of likely N-dealkylation sites (N-methyl/N-ethyl adjacent to an activating group) is 1. The maximum absolute atomic E-state index is 12.9. The molecule has 1 aromatic carbocycles. The van der Waals surface area contributed by atoms with Gasteiger partial charge in [-0.15, -0.1) is 0 Å². The highest BCUT2D eigenvalue weighted by molar-refractivity contribution is 7.89. The lowest BCUT2D eigenvalue weighted by molar-refractivity contribution is 0.300. The van der Waals surface area contributed by atoms with Crippen molar-refractivity contribution in [2.75, 3.05) is 20.1 Å². The van der Waals surface area contributed by atoms with Gasteiger partial charge in [-0.05, 0) is 50.7 Å². The molecule has 0 bridgehead atoms. The molecule has 6 heteroatoms. The molecule has 2 aliphatic rings. The van der Waals surface area contributed by atoms with E-state index in [2.05, 4.69) is 4.90 Å². The molecule has 4 nitrogen and oxygen atoms in total. The number of benzene rings is 1. The second-order valence-electron chi connectivity index (χ2n) is 5.26. The van der Waals surface area contributed by atoms with E-state index in [0.717, 1.165) is 19.4 Å². The zero-order valence-electron chi connectivity index (χ0n) is 10.8. The molecule has 0 saturated carbocycles. The molecule has 19 heavy (non-hydrogen) atoms. The summed E-state index contributed by atoms with van der Waals surface area (Å²) in [6, 6.07) is 5.48. The van der Waals surface area contributed by atoms with Crippen molar-refractivity contribution in [2.45, 2.75) is 29.8 Å². The van der Waals surface area contributed by atoms with Crippen molar-refractivity contribution >= 4 is 10.0 Å². The summed E-state index contributed by atoms with van der Waals surface area (Å²) < 4.78 is 39.7. The van der Waals surface area contributed by atoms with Crippen molar-refractivity contribution in [2.24, 2.45) is 0 Å². The monoisotopic (exact) mass is 284 g/mol. The van der Waals surface area contributed by atoms with Crippen LogP contribution in [0, 0.1) is 5.82 Å². The molecule has 0 radical (unpaired) electrons. The van der Waals surface area contributed by atoms with Crippen LogP contribution in [0.4, 0.5) is 4.39 Å². The minimum absolute atomic E-state index is 0.0695. The SMILES string of the molecule is CN1CC[C@@H]2[C@@H]1CCN2S(=O)(=O)c1ccc(F)cc1. The normalized spacial score (nSPS) is 28.7. The molecular formula is C13H17FN2O2S. The van der Waals surface area contributed by atoms with Gasteiger partial charge in [0.1, 0.15) is 5.82 Å². The largest absolute Gasteiger partial charge is 0.302 e. The molecule has 1 aromatic rings. The fourth-order valence-corrected chi connectivity index (χ4v) is 4.90.